The van der Waals surface area contributed by atoms with Gasteiger partial charge in [0.05, 0.1) is 5.56 Å². The zero-order valence-corrected chi connectivity index (χ0v) is 13.0. The summed E-state index contributed by atoms with van der Waals surface area (Å²) < 4.78 is 43.9. The summed E-state index contributed by atoms with van der Waals surface area (Å²) in [6.07, 6.45) is -3.57. The third-order valence-electron chi connectivity index (χ3n) is 3.82. The number of halogens is 3. The largest absolute Gasteiger partial charge is 0.573 e. The standard InChI is InChI=1S/C15H14F3N3O4/c1-8(13(22)23)21-14(24)20(9-6-7-9)12(19-21)10-4-2-3-5-11(10)25-15(16,17)18/h2-5,8-9H,6-7H2,1H3,(H,22,23). The summed E-state index contributed by atoms with van der Waals surface area (Å²) in [5.74, 6) is -1.81. The number of carboxylic acid groups (broad SMARTS) is 1. The maximum Gasteiger partial charge on any atom is 0.573 e. The molecular weight excluding hydrogens is 343 g/mol. The van der Waals surface area contributed by atoms with Gasteiger partial charge in [-0.15, -0.1) is 18.3 Å². The predicted molar refractivity (Wildman–Crippen MR) is 79.2 cm³/mol. The number of hydrogen-bond donors (Lipinski definition) is 1. The van der Waals surface area contributed by atoms with Crippen LogP contribution in [0.2, 0.25) is 0 Å². The van der Waals surface area contributed by atoms with Gasteiger partial charge >= 0.3 is 18.0 Å². The lowest BCUT2D eigenvalue weighted by Gasteiger charge is -2.13. The molecule has 3 rings (SSSR count). The average Bonchev–Trinajstić information content (AvgIpc) is 3.29. The van der Waals surface area contributed by atoms with Crippen molar-refractivity contribution in [3.63, 3.8) is 0 Å². The molecule has 1 unspecified atom stereocenters. The molecule has 0 radical (unpaired) electrons. The van der Waals surface area contributed by atoms with Gasteiger partial charge in [0.25, 0.3) is 0 Å². The van der Waals surface area contributed by atoms with Gasteiger partial charge in [-0.2, -0.15) is 4.68 Å². The zero-order chi connectivity index (χ0) is 18.4. The van der Waals surface area contributed by atoms with Crippen LogP contribution in [0.25, 0.3) is 11.4 Å². The molecule has 1 aliphatic rings. The Bertz CT molecular complexity index is 868. The van der Waals surface area contributed by atoms with Crippen LogP contribution >= 0.6 is 0 Å². The van der Waals surface area contributed by atoms with E-state index in [2.05, 4.69) is 9.84 Å². The van der Waals surface area contributed by atoms with Crippen molar-refractivity contribution in [2.75, 3.05) is 0 Å². The maximum absolute atomic E-state index is 12.6. The first-order chi connectivity index (χ1) is 11.7. The number of nitrogens with zero attached hydrogens (tertiary/aromatic N) is 3. The maximum atomic E-state index is 12.6. The quantitative estimate of drug-likeness (QED) is 0.889. The summed E-state index contributed by atoms with van der Waals surface area (Å²) in [6, 6.07) is 3.85. The first-order valence-corrected chi connectivity index (χ1v) is 7.48. The van der Waals surface area contributed by atoms with Crippen LogP contribution in [-0.2, 0) is 4.79 Å². The highest BCUT2D eigenvalue weighted by atomic mass is 19.4. The molecule has 10 heteroatoms. The van der Waals surface area contributed by atoms with Crippen LogP contribution in [0, 0.1) is 0 Å². The van der Waals surface area contributed by atoms with E-state index in [1.165, 1.54) is 29.7 Å². The van der Waals surface area contributed by atoms with Gasteiger partial charge in [-0.1, -0.05) is 12.1 Å². The van der Waals surface area contributed by atoms with E-state index in [-0.39, 0.29) is 17.4 Å². The number of aliphatic carboxylic acids is 1. The Kier molecular flexibility index (Phi) is 4.05. The van der Waals surface area contributed by atoms with Gasteiger partial charge < -0.3 is 9.84 Å². The van der Waals surface area contributed by atoms with E-state index in [9.17, 15) is 22.8 Å². The van der Waals surface area contributed by atoms with E-state index in [4.69, 9.17) is 5.11 Å². The van der Waals surface area contributed by atoms with E-state index in [1.54, 1.807) is 0 Å². The number of aromatic nitrogens is 3. The van der Waals surface area contributed by atoms with Gasteiger partial charge in [0.1, 0.15) is 5.75 Å². The zero-order valence-electron chi connectivity index (χ0n) is 13.0. The van der Waals surface area contributed by atoms with Crippen molar-refractivity contribution in [3.8, 4) is 17.1 Å². The highest BCUT2D eigenvalue weighted by Gasteiger charge is 2.36. The van der Waals surface area contributed by atoms with Crippen LogP contribution in [0.3, 0.4) is 0 Å². The molecule has 0 saturated heterocycles. The van der Waals surface area contributed by atoms with Crippen LogP contribution < -0.4 is 10.4 Å². The summed E-state index contributed by atoms with van der Waals surface area (Å²) in [6.45, 7) is 1.27. The van der Waals surface area contributed by atoms with Gasteiger partial charge in [0.15, 0.2) is 11.9 Å². The van der Waals surface area contributed by atoms with Crippen LogP contribution in [0.5, 0.6) is 5.75 Å². The molecule has 7 nitrogen and oxygen atoms in total. The Morgan fingerprint density at radius 1 is 1.36 bits per heavy atom. The van der Waals surface area contributed by atoms with Gasteiger partial charge in [-0.05, 0) is 31.9 Å². The highest BCUT2D eigenvalue weighted by molar-refractivity contribution is 5.71. The second kappa shape index (κ2) is 5.94. The molecule has 1 N–H and O–H groups in total. The molecule has 0 aliphatic heterocycles. The summed E-state index contributed by atoms with van der Waals surface area (Å²) >= 11 is 0. The number of ether oxygens (including phenoxy) is 1. The minimum atomic E-state index is -4.91. The number of rotatable bonds is 5. The van der Waals surface area contributed by atoms with Gasteiger partial charge in [0, 0.05) is 6.04 Å². The van der Waals surface area contributed by atoms with Gasteiger partial charge in [-0.25, -0.2) is 9.59 Å². The molecule has 1 aromatic carbocycles. The van der Waals surface area contributed by atoms with E-state index < -0.39 is 29.8 Å². The van der Waals surface area contributed by atoms with Crippen molar-refractivity contribution < 1.29 is 27.8 Å². The average molecular weight is 357 g/mol. The fourth-order valence-corrected chi connectivity index (χ4v) is 2.46. The third-order valence-corrected chi connectivity index (χ3v) is 3.82. The molecule has 1 saturated carbocycles. The fourth-order valence-electron chi connectivity index (χ4n) is 2.46. The Balaban J connectivity index is 2.17. The number of hydrogen-bond acceptors (Lipinski definition) is 4. The minimum absolute atomic E-state index is 0.0276. The molecule has 0 spiro atoms. The molecule has 1 heterocycles. The van der Waals surface area contributed by atoms with Crippen molar-refractivity contribution in [1.29, 1.82) is 0 Å². The topological polar surface area (TPSA) is 86.3 Å². The Hall–Kier alpha value is -2.78. The summed E-state index contributed by atoms with van der Waals surface area (Å²) in [5.41, 5.74) is -0.700. The smallest absolute Gasteiger partial charge is 0.480 e. The van der Waals surface area contributed by atoms with E-state index >= 15 is 0 Å². The van der Waals surface area contributed by atoms with E-state index in [0.717, 1.165) is 10.7 Å². The van der Waals surface area contributed by atoms with Crippen molar-refractivity contribution in [1.82, 2.24) is 14.3 Å². The SMILES string of the molecule is CC(C(=O)O)n1nc(-c2ccccc2OC(F)(F)F)n(C2CC2)c1=O. The number of benzene rings is 1. The molecule has 0 bridgehead atoms. The van der Waals surface area contributed by atoms with Gasteiger partial charge in [0.2, 0.25) is 0 Å². The second-order valence-electron chi connectivity index (χ2n) is 5.71. The summed E-state index contributed by atoms with van der Waals surface area (Å²) in [4.78, 5) is 23.7. The van der Waals surface area contributed by atoms with Crippen LogP contribution in [0.15, 0.2) is 29.1 Å². The first kappa shape index (κ1) is 17.1. The first-order valence-electron chi connectivity index (χ1n) is 7.48. The molecule has 1 atom stereocenters. The van der Waals surface area contributed by atoms with Crippen LogP contribution in [-0.4, -0.2) is 31.8 Å². The fraction of sp³-hybridized carbons (Fsp3) is 0.400. The molecule has 1 aliphatic carbocycles. The van der Waals surface area contributed by atoms with Crippen molar-refractivity contribution in [3.05, 3.63) is 34.7 Å². The van der Waals surface area contributed by atoms with Gasteiger partial charge in [-0.3, -0.25) is 4.57 Å². The molecule has 2 aromatic rings. The summed E-state index contributed by atoms with van der Waals surface area (Å²) in [7, 11) is 0. The van der Waals surface area contributed by atoms with Crippen molar-refractivity contribution in [2.24, 2.45) is 0 Å². The molecule has 1 fully saturated rings. The second-order valence-corrected chi connectivity index (χ2v) is 5.71. The highest BCUT2D eigenvalue weighted by Crippen LogP contribution is 2.39. The monoisotopic (exact) mass is 357 g/mol. The van der Waals surface area contributed by atoms with Crippen molar-refractivity contribution in [2.45, 2.75) is 38.2 Å². The number of alkyl halides is 3. The number of carboxylic acids is 1. The third kappa shape index (κ3) is 3.37. The van der Waals surface area contributed by atoms with Crippen LogP contribution in [0.4, 0.5) is 13.2 Å². The molecular formula is C15H14F3N3O4. The van der Waals surface area contributed by atoms with Crippen molar-refractivity contribution >= 4 is 5.97 Å². The van der Waals surface area contributed by atoms with E-state index in [0.29, 0.717) is 12.8 Å². The Labute approximate surface area is 139 Å². The Morgan fingerprint density at radius 3 is 2.56 bits per heavy atom. The summed E-state index contributed by atoms with van der Waals surface area (Å²) in [5, 5.41) is 13.1. The molecule has 134 valence electrons. The lowest BCUT2D eigenvalue weighted by Crippen LogP contribution is -2.30. The lowest BCUT2D eigenvalue weighted by atomic mass is 10.2. The Morgan fingerprint density at radius 2 is 2.00 bits per heavy atom. The molecule has 0 amide bonds. The molecule has 25 heavy (non-hydrogen) atoms. The number of carbonyl (C=O) groups is 1. The normalized spacial score (nSPS) is 15.8. The number of para-hydroxylation sites is 1. The molecule has 1 aromatic heterocycles. The predicted octanol–water partition coefficient (Wildman–Crippen LogP) is 2.59. The lowest BCUT2D eigenvalue weighted by molar-refractivity contribution is -0.274. The minimum Gasteiger partial charge on any atom is -0.480 e. The van der Waals surface area contributed by atoms with Crippen LogP contribution in [0.1, 0.15) is 31.8 Å². The van der Waals surface area contributed by atoms with E-state index in [1.807, 2.05) is 0 Å².